The Balaban J connectivity index is 1.75. The minimum absolute atomic E-state index is 0.0252. The second kappa shape index (κ2) is 12.8. The molecule has 0 bridgehead atoms. The number of nitrogens with two attached hydrogens (primary N) is 1. The van der Waals surface area contributed by atoms with E-state index in [0.717, 1.165) is 35.7 Å². The number of carbonyl (C=O) groups excluding carboxylic acids is 2. The monoisotopic (exact) mass is 516 g/mol. The normalized spacial score (nSPS) is 13.7. The molecule has 1 aromatic heterocycles. The molecule has 2 aromatic carbocycles. The molecular weight excluding hydrogens is 486 g/mol. The first-order valence-corrected chi connectivity index (χ1v) is 12.5. The molecule has 3 rings (SSSR count). The topological polar surface area (TPSA) is 104 Å². The van der Waals surface area contributed by atoms with Crippen LogP contribution in [-0.4, -0.2) is 51.6 Å². The quantitative estimate of drug-likeness (QED) is 0.320. The third-order valence-corrected chi connectivity index (χ3v) is 6.75. The van der Waals surface area contributed by atoms with Gasteiger partial charge in [0.1, 0.15) is 17.7 Å². The molecule has 1 amide bonds. The van der Waals surface area contributed by atoms with Crippen molar-refractivity contribution in [3.8, 4) is 0 Å². The lowest BCUT2D eigenvalue weighted by Gasteiger charge is -2.30. The third-order valence-electron chi connectivity index (χ3n) is 5.84. The summed E-state index contributed by atoms with van der Waals surface area (Å²) >= 11 is 1.22. The van der Waals surface area contributed by atoms with Crippen molar-refractivity contribution in [3.05, 3.63) is 93.2 Å². The van der Waals surface area contributed by atoms with E-state index in [2.05, 4.69) is 0 Å². The number of benzene rings is 2. The van der Waals surface area contributed by atoms with Crippen LogP contribution in [0.5, 0.6) is 0 Å². The minimum Gasteiger partial charge on any atom is -0.390 e. The van der Waals surface area contributed by atoms with E-state index < -0.39 is 42.2 Å². The van der Waals surface area contributed by atoms with Crippen molar-refractivity contribution in [1.82, 2.24) is 4.90 Å². The predicted octanol–water partition coefficient (Wildman–Crippen LogP) is 3.48. The van der Waals surface area contributed by atoms with E-state index in [1.54, 1.807) is 17.5 Å². The van der Waals surface area contributed by atoms with Crippen LogP contribution < -0.4 is 5.73 Å². The zero-order valence-electron chi connectivity index (χ0n) is 19.9. The lowest BCUT2D eigenvalue weighted by Crippen LogP contribution is -2.49. The Morgan fingerprint density at radius 3 is 2.33 bits per heavy atom. The van der Waals surface area contributed by atoms with Crippen LogP contribution in [0.1, 0.15) is 39.7 Å². The maximum Gasteiger partial charge on any atom is 0.252 e. The van der Waals surface area contributed by atoms with Crippen LogP contribution in [0.3, 0.4) is 0 Å². The number of Topliss-reactive ketones (excluding diaryl/α,β-unsaturated/α-hetero) is 1. The van der Waals surface area contributed by atoms with Crippen LogP contribution in [0.2, 0.25) is 0 Å². The first-order chi connectivity index (χ1) is 17.2. The number of rotatable bonds is 12. The molecule has 0 saturated heterocycles. The lowest BCUT2D eigenvalue weighted by atomic mass is 10.0. The number of aliphatic hydroxyl groups is 2. The van der Waals surface area contributed by atoms with Crippen molar-refractivity contribution in [2.45, 2.75) is 51.0 Å². The summed E-state index contributed by atoms with van der Waals surface area (Å²) in [6.45, 7) is 1.84. The predicted molar refractivity (Wildman–Crippen MR) is 135 cm³/mol. The summed E-state index contributed by atoms with van der Waals surface area (Å²) in [7, 11) is 0. The molecule has 0 spiro atoms. The summed E-state index contributed by atoms with van der Waals surface area (Å²) in [5.74, 6) is -2.58. The van der Waals surface area contributed by atoms with Crippen LogP contribution >= 0.6 is 11.3 Å². The number of carbonyl (C=O) groups is 2. The lowest BCUT2D eigenvalue weighted by molar-refractivity contribution is -0.142. The first-order valence-electron chi connectivity index (χ1n) is 11.7. The van der Waals surface area contributed by atoms with Gasteiger partial charge < -0.3 is 20.8 Å². The van der Waals surface area contributed by atoms with Gasteiger partial charge in [0.25, 0.3) is 5.91 Å². The molecule has 3 unspecified atom stereocenters. The molecule has 3 atom stereocenters. The molecule has 0 aliphatic heterocycles. The highest BCUT2D eigenvalue weighted by atomic mass is 32.1. The molecule has 0 fully saturated rings. The molecule has 192 valence electrons. The van der Waals surface area contributed by atoms with Crippen molar-refractivity contribution in [2.75, 3.05) is 6.54 Å². The number of aliphatic hydroxyl groups excluding tert-OH is 2. The van der Waals surface area contributed by atoms with Gasteiger partial charge in [0.2, 0.25) is 0 Å². The highest BCUT2D eigenvalue weighted by Gasteiger charge is 2.29. The summed E-state index contributed by atoms with van der Waals surface area (Å²) in [5.41, 5.74) is 8.22. The van der Waals surface area contributed by atoms with Crippen molar-refractivity contribution in [3.63, 3.8) is 0 Å². The maximum absolute atomic E-state index is 13.5. The Morgan fingerprint density at radius 1 is 1.00 bits per heavy atom. The fraction of sp³-hybridized carbons (Fsp3) is 0.333. The zero-order valence-corrected chi connectivity index (χ0v) is 20.8. The van der Waals surface area contributed by atoms with E-state index in [-0.39, 0.29) is 30.9 Å². The standard InChI is InChI=1S/C27H30F2N2O4S/c1-2-17-5-3-6-18(9-17)15-31(27(35)24(33)14-23(32)26-7-4-8-36-26)16-25(34)22(30)12-19-10-20(28)13-21(29)11-19/h3-11,13,22,24-25,33-34H,2,12,14-16,30H2,1H3. The van der Waals surface area contributed by atoms with Gasteiger partial charge in [-0.05, 0) is 53.1 Å². The molecule has 3 aromatic rings. The van der Waals surface area contributed by atoms with Crippen LogP contribution in [0.4, 0.5) is 8.78 Å². The average Bonchev–Trinajstić information content (AvgIpc) is 3.38. The molecule has 4 N–H and O–H groups in total. The largest absolute Gasteiger partial charge is 0.390 e. The Hall–Kier alpha value is -2.98. The fourth-order valence-electron chi connectivity index (χ4n) is 3.91. The number of nitrogens with zero attached hydrogens (tertiary/aromatic N) is 1. The Morgan fingerprint density at radius 2 is 1.69 bits per heavy atom. The van der Waals surface area contributed by atoms with Gasteiger partial charge in [-0.1, -0.05) is 37.3 Å². The van der Waals surface area contributed by atoms with E-state index in [9.17, 15) is 28.6 Å². The second-order valence-corrected chi connectivity index (χ2v) is 9.67. The average molecular weight is 517 g/mol. The molecule has 36 heavy (non-hydrogen) atoms. The molecule has 0 aliphatic carbocycles. The van der Waals surface area contributed by atoms with Gasteiger partial charge in [0.05, 0.1) is 11.0 Å². The van der Waals surface area contributed by atoms with Gasteiger partial charge in [0, 0.05) is 31.6 Å². The van der Waals surface area contributed by atoms with E-state index in [1.165, 1.54) is 16.2 Å². The van der Waals surface area contributed by atoms with E-state index in [0.29, 0.717) is 4.88 Å². The van der Waals surface area contributed by atoms with Crippen LogP contribution in [-0.2, 0) is 24.2 Å². The summed E-state index contributed by atoms with van der Waals surface area (Å²) < 4.78 is 27.1. The molecule has 0 saturated carbocycles. The van der Waals surface area contributed by atoms with Crippen molar-refractivity contribution >= 4 is 23.0 Å². The van der Waals surface area contributed by atoms with Gasteiger partial charge in [0.15, 0.2) is 5.78 Å². The first kappa shape index (κ1) is 27.6. The number of hydrogen-bond acceptors (Lipinski definition) is 6. The Labute approximate surface area is 213 Å². The SMILES string of the molecule is CCc1cccc(CN(CC(O)C(N)Cc2cc(F)cc(F)c2)C(=O)C(O)CC(=O)c2cccs2)c1. The zero-order chi connectivity index (χ0) is 26.2. The van der Waals surface area contributed by atoms with Gasteiger partial charge in [-0.3, -0.25) is 9.59 Å². The van der Waals surface area contributed by atoms with Gasteiger partial charge in [-0.15, -0.1) is 11.3 Å². The summed E-state index contributed by atoms with van der Waals surface area (Å²) in [6.07, 6.45) is -2.49. The Kier molecular flexibility index (Phi) is 9.83. The number of halogens is 2. The van der Waals surface area contributed by atoms with Crippen molar-refractivity contribution in [2.24, 2.45) is 5.73 Å². The maximum atomic E-state index is 13.5. The van der Waals surface area contributed by atoms with Crippen LogP contribution in [0.25, 0.3) is 0 Å². The highest BCUT2D eigenvalue weighted by molar-refractivity contribution is 7.12. The van der Waals surface area contributed by atoms with Gasteiger partial charge in [-0.25, -0.2) is 8.78 Å². The van der Waals surface area contributed by atoms with E-state index >= 15 is 0 Å². The molecule has 0 radical (unpaired) electrons. The van der Waals surface area contributed by atoms with E-state index in [1.807, 2.05) is 31.2 Å². The summed E-state index contributed by atoms with van der Waals surface area (Å²) in [5, 5.41) is 23.1. The molecule has 9 heteroatoms. The molecular formula is C27H30F2N2O4S. The number of aryl methyl sites for hydroxylation is 1. The smallest absolute Gasteiger partial charge is 0.252 e. The molecule has 0 aliphatic rings. The van der Waals surface area contributed by atoms with E-state index in [4.69, 9.17) is 5.73 Å². The minimum atomic E-state index is -1.60. The highest BCUT2D eigenvalue weighted by Crippen LogP contribution is 2.17. The summed E-state index contributed by atoms with van der Waals surface area (Å²) in [6, 6.07) is 13.0. The summed E-state index contributed by atoms with van der Waals surface area (Å²) in [4.78, 5) is 27.3. The fourth-order valence-corrected chi connectivity index (χ4v) is 4.59. The number of amides is 1. The van der Waals surface area contributed by atoms with Crippen LogP contribution in [0, 0.1) is 11.6 Å². The second-order valence-electron chi connectivity index (χ2n) is 8.73. The number of ketones is 1. The van der Waals surface area contributed by atoms with Crippen molar-refractivity contribution in [1.29, 1.82) is 0 Å². The molecule has 6 nitrogen and oxygen atoms in total. The van der Waals surface area contributed by atoms with Gasteiger partial charge in [-0.2, -0.15) is 0 Å². The van der Waals surface area contributed by atoms with Gasteiger partial charge >= 0.3 is 0 Å². The number of hydrogen-bond donors (Lipinski definition) is 3. The number of thiophene rings is 1. The molecule has 1 heterocycles. The van der Waals surface area contributed by atoms with Crippen molar-refractivity contribution < 1.29 is 28.6 Å². The third kappa shape index (κ3) is 7.76. The van der Waals surface area contributed by atoms with Crippen LogP contribution in [0.15, 0.2) is 60.0 Å². The Bertz CT molecular complexity index is 1150.